The summed E-state index contributed by atoms with van der Waals surface area (Å²) in [5.74, 6) is -0.703. The molecule has 28 heavy (non-hydrogen) atoms. The topological polar surface area (TPSA) is 98.7 Å². The third-order valence-corrected chi connectivity index (χ3v) is 5.15. The number of hydrazone groups is 1. The summed E-state index contributed by atoms with van der Waals surface area (Å²) < 4.78 is 0.957. The monoisotopic (exact) mass is 440 g/mol. The largest absolute Gasteiger partial charge is 0.481 e. The van der Waals surface area contributed by atoms with Crippen molar-refractivity contribution in [3.05, 3.63) is 64.4 Å². The molecule has 1 amide bonds. The predicted molar refractivity (Wildman–Crippen MR) is 108 cm³/mol. The second kappa shape index (κ2) is 7.55. The average molecular weight is 441 g/mol. The first kappa shape index (κ1) is 18.4. The molecule has 0 saturated heterocycles. The molecule has 0 spiro atoms. The highest BCUT2D eigenvalue weighted by Crippen LogP contribution is 2.33. The number of para-hydroxylation sites is 2. The lowest BCUT2D eigenvalue weighted by Crippen LogP contribution is -2.28. The molecule has 1 aliphatic heterocycles. The lowest BCUT2D eigenvalue weighted by molar-refractivity contribution is -0.141. The molecule has 1 aliphatic rings. The zero-order valence-corrected chi connectivity index (χ0v) is 16.4. The minimum Gasteiger partial charge on any atom is -0.481 e. The van der Waals surface area contributed by atoms with Crippen LogP contribution < -0.4 is 0 Å². The summed E-state index contributed by atoms with van der Waals surface area (Å²) in [6.45, 7) is 0. The van der Waals surface area contributed by atoms with Crippen LogP contribution in [0.5, 0.6) is 0 Å². The number of benzene rings is 2. The summed E-state index contributed by atoms with van der Waals surface area (Å²) in [5.41, 5.74) is 3.37. The van der Waals surface area contributed by atoms with Crippen LogP contribution in [-0.4, -0.2) is 37.7 Å². The number of hydrogen-bond acceptors (Lipinski definition) is 4. The fourth-order valence-electron chi connectivity index (χ4n) is 3.23. The van der Waals surface area contributed by atoms with Crippen LogP contribution in [0.4, 0.5) is 0 Å². The summed E-state index contributed by atoms with van der Waals surface area (Å²) in [7, 11) is 0. The number of hydrogen-bond donors (Lipinski definition) is 2. The Morgan fingerprint density at radius 3 is 2.61 bits per heavy atom. The maximum atomic E-state index is 12.7. The number of aliphatic carboxylic acids is 1. The molecule has 4 rings (SSSR count). The van der Waals surface area contributed by atoms with E-state index in [1.165, 1.54) is 5.01 Å². The summed E-state index contributed by atoms with van der Waals surface area (Å²) >= 11 is 3.42. The molecule has 0 radical (unpaired) electrons. The number of aromatic amines is 1. The highest BCUT2D eigenvalue weighted by molar-refractivity contribution is 9.10. The van der Waals surface area contributed by atoms with Gasteiger partial charge >= 0.3 is 5.97 Å². The maximum absolute atomic E-state index is 12.7. The summed E-state index contributed by atoms with van der Waals surface area (Å²) in [6, 6.07) is 15.0. The van der Waals surface area contributed by atoms with Gasteiger partial charge in [-0.25, -0.2) is 9.99 Å². The second-order valence-electron chi connectivity index (χ2n) is 6.54. The number of carbonyl (C=O) groups is 2. The molecular weight excluding hydrogens is 424 g/mol. The van der Waals surface area contributed by atoms with Crippen molar-refractivity contribution in [1.82, 2.24) is 15.0 Å². The quantitative estimate of drug-likeness (QED) is 0.628. The van der Waals surface area contributed by atoms with Crippen LogP contribution in [0.1, 0.15) is 36.7 Å². The highest BCUT2D eigenvalue weighted by Gasteiger charge is 2.35. The van der Waals surface area contributed by atoms with E-state index in [0.717, 1.165) is 26.8 Å². The van der Waals surface area contributed by atoms with Crippen molar-refractivity contribution in [2.75, 3.05) is 0 Å². The normalized spacial score (nSPS) is 16.4. The standard InChI is InChI=1S/C20H17BrN4O3/c21-13-7-5-12(6-8-13)16-11-17(25(24-16)18(26)9-10-19(27)28)20-22-14-3-1-2-4-15(14)23-20/h1-8,17H,9-11H2,(H,22,23)(H,27,28)/t17-/m1/s1. The van der Waals surface area contributed by atoms with Crippen LogP contribution in [0.3, 0.4) is 0 Å². The molecule has 0 saturated carbocycles. The number of H-pyrrole nitrogens is 1. The number of imidazole rings is 1. The van der Waals surface area contributed by atoms with Crippen molar-refractivity contribution >= 4 is 44.6 Å². The third kappa shape index (κ3) is 3.68. The van der Waals surface area contributed by atoms with E-state index >= 15 is 0 Å². The Hall–Kier alpha value is -3.00. The molecule has 2 N–H and O–H groups in total. The van der Waals surface area contributed by atoms with Gasteiger partial charge in [0.15, 0.2) is 0 Å². The molecule has 8 heteroatoms. The molecule has 3 aromatic rings. The first-order chi connectivity index (χ1) is 13.5. The Bertz CT molecular complexity index is 1040. The fraction of sp³-hybridized carbons (Fsp3) is 0.200. The van der Waals surface area contributed by atoms with Gasteiger partial charge in [-0.2, -0.15) is 5.10 Å². The number of carbonyl (C=O) groups excluding carboxylic acids is 1. The van der Waals surface area contributed by atoms with Crippen LogP contribution in [0, 0.1) is 0 Å². The molecule has 2 heterocycles. The van der Waals surface area contributed by atoms with E-state index in [4.69, 9.17) is 5.11 Å². The Morgan fingerprint density at radius 1 is 1.14 bits per heavy atom. The van der Waals surface area contributed by atoms with Crippen molar-refractivity contribution in [2.45, 2.75) is 25.3 Å². The Balaban J connectivity index is 1.67. The number of fused-ring (bicyclic) bond motifs is 1. The molecule has 0 bridgehead atoms. The van der Waals surface area contributed by atoms with Gasteiger partial charge in [0, 0.05) is 17.3 Å². The van der Waals surface area contributed by atoms with Gasteiger partial charge in [-0.3, -0.25) is 9.59 Å². The van der Waals surface area contributed by atoms with Gasteiger partial charge < -0.3 is 10.1 Å². The van der Waals surface area contributed by atoms with Crippen molar-refractivity contribution < 1.29 is 14.7 Å². The Labute approximate surface area is 169 Å². The molecular formula is C20H17BrN4O3. The Kier molecular flexibility index (Phi) is 4.95. The van der Waals surface area contributed by atoms with Gasteiger partial charge in [-0.05, 0) is 29.8 Å². The molecule has 1 atom stereocenters. The van der Waals surface area contributed by atoms with Gasteiger partial charge in [0.2, 0.25) is 5.91 Å². The average Bonchev–Trinajstić information content (AvgIpc) is 3.30. The number of nitrogens with one attached hydrogen (secondary N) is 1. The SMILES string of the molecule is O=C(O)CCC(=O)N1N=C(c2ccc(Br)cc2)C[C@@H]1c1nc2ccccc2[nH]1. The third-order valence-electron chi connectivity index (χ3n) is 4.62. The van der Waals surface area contributed by atoms with Gasteiger partial charge in [0.05, 0.1) is 23.2 Å². The van der Waals surface area contributed by atoms with Gasteiger partial charge in [-0.1, -0.05) is 40.2 Å². The highest BCUT2D eigenvalue weighted by atomic mass is 79.9. The maximum Gasteiger partial charge on any atom is 0.303 e. The summed E-state index contributed by atoms with van der Waals surface area (Å²) in [6.07, 6.45) is 0.161. The predicted octanol–water partition coefficient (Wildman–Crippen LogP) is 3.87. The number of aromatic nitrogens is 2. The van der Waals surface area contributed by atoms with Crippen LogP contribution >= 0.6 is 15.9 Å². The number of carboxylic acid groups (broad SMARTS) is 1. The van der Waals surface area contributed by atoms with Crippen molar-refractivity contribution in [3.63, 3.8) is 0 Å². The number of nitrogens with zero attached hydrogens (tertiary/aromatic N) is 3. The van der Waals surface area contributed by atoms with Crippen molar-refractivity contribution in [3.8, 4) is 0 Å². The van der Waals surface area contributed by atoms with Crippen LogP contribution in [0.15, 0.2) is 58.1 Å². The zero-order chi connectivity index (χ0) is 19.7. The van der Waals surface area contributed by atoms with E-state index in [1.807, 2.05) is 48.5 Å². The number of carboxylic acids is 1. The van der Waals surface area contributed by atoms with Gasteiger partial charge in [-0.15, -0.1) is 0 Å². The molecule has 2 aromatic carbocycles. The first-order valence-corrected chi connectivity index (χ1v) is 9.62. The molecule has 0 aliphatic carbocycles. The van der Waals surface area contributed by atoms with E-state index in [0.29, 0.717) is 12.2 Å². The van der Waals surface area contributed by atoms with Crippen molar-refractivity contribution in [1.29, 1.82) is 0 Å². The lowest BCUT2D eigenvalue weighted by Gasteiger charge is -2.19. The number of amides is 1. The van der Waals surface area contributed by atoms with E-state index in [2.05, 4.69) is 31.0 Å². The van der Waals surface area contributed by atoms with E-state index in [-0.39, 0.29) is 18.7 Å². The van der Waals surface area contributed by atoms with Crippen LogP contribution in [0.2, 0.25) is 0 Å². The first-order valence-electron chi connectivity index (χ1n) is 8.83. The van der Waals surface area contributed by atoms with E-state index in [9.17, 15) is 9.59 Å². The summed E-state index contributed by atoms with van der Waals surface area (Å²) in [5, 5.41) is 14.8. The molecule has 142 valence electrons. The molecule has 1 aromatic heterocycles. The van der Waals surface area contributed by atoms with Crippen LogP contribution in [0.25, 0.3) is 11.0 Å². The smallest absolute Gasteiger partial charge is 0.303 e. The molecule has 0 unspecified atom stereocenters. The lowest BCUT2D eigenvalue weighted by atomic mass is 10.0. The number of halogens is 1. The van der Waals surface area contributed by atoms with Crippen LogP contribution in [-0.2, 0) is 9.59 Å². The summed E-state index contributed by atoms with van der Waals surface area (Å²) in [4.78, 5) is 31.4. The van der Waals surface area contributed by atoms with Crippen molar-refractivity contribution in [2.24, 2.45) is 5.10 Å². The minimum absolute atomic E-state index is 0.108. The van der Waals surface area contributed by atoms with E-state index in [1.54, 1.807) is 0 Å². The van der Waals surface area contributed by atoms with Gasteiger partial charge in [0.25, 0.3) is 0 Å². The van der Waals surface area contributed by atoms with E-state index < -0.39 is 12.0 Å². The molecule has 0 fully saturated rings. The van der Waals surface area contributed by atoms with Gasteiger partial charge in [0.1, 0.15) is 11.9 Å². The Morgan fingerprint density at radius 2 is 1.89 bits per heavy atom. The fourth-order valence-corrected chi connectivity index (χ4v) is 3.49. The minimum atomic E-state index is -1.01. The number of rotatable bonds is 5. The zero-order valence-electron chi connectivity index (χ0n) is 14.8. The second-order valence-corrected chi connectivity index (χ2v) is 7.46. The molecule has 7 nitrogen and oxygen atoms in total.